The van der Waals surface area contributed by atoms with Crippen molar-refractivity contribution in [1.29, 1.82) is 0 Å². The van der Waals surface area contributed by atoms with Crippen molar-refractivity contribution in [3.63, 3.8) is 0 Å². The van der Waals surface area contributed by atoms with E-state index in [1.807, 2.05) is 31.4 Å². The number of rotatable bonds is 6. The molecule has 1 amide bonds. The fraction of sp³-hybridized carbons (Fsp3) is 0.478. The molecule has 170 valence electrons. The first-order valence-corrected chi connectivity index (χ1v) is 11.7. The maximum absolute atomic E-state index is 14.4. The molecule has 1 atom stereocenters. The SMILES string of the molecule is CCc1cc2c(cc1Sc1nc3c(N)ncnc3n1CCNC(=O)C(C)(C)C)C(F)CC2. The van der Waals surface area contributed by atoms with Crippen molar-refractivity contribution in [3.8, 4) is 0 Å². The number of nitrogens with one attached hydrogen (secondary N) is 1. The summed E-state index contributed by atoms with van der Waals surface area (Å²) in [4.78, 5) is 26.4. The zero-order valence-corrected chi connectivity index (χ0v) is 19.7. The molecule has 1 aromatic carbocycles. The fourth-order valence-electron chi connectivity index (χ4n) is 3.87. The molecule has 32 heavy (non-hydrogen) atoms. The van der Waals surface area contributed by atoms with Crippen LogP contribution in [0.5, 0.6) is 0 Å². The van der Waals surface area contributed by atoms with E-state index in [1.165, 1.54) is 23.7 Å². The van der Waals surface area contributed by atoms with Crippen LogP contribution < -0.4 is 11.1 Å². The van der Waals surface area contributed by atoms with Gasteiger partial charge in [0.2, 0.25) is 5.91 Å². The number of hydrogen-bond acceptors (Lipinski definition) is 6. The number of amides is 1. The van der Waals surface area contributed by atoms with Gasteiger partial charge < -0.3 is 15.6 Å². The first-order chi connectivity index (χ1) is 15.2. The number of benzene rings is 1. The lowest BCUT2D eigenvalue weighted by Crippen LogP contribution is -2.36. The van der Waals surface area contributed by atoms with E-state index in [2.05, 4.69) is 28.3 Å². The zero-order chi connectivity index (χ0) is 23.0. The van der Waals surface area contributed by atoms with Crippen molar-refractivity contribution >= 4 is 34.7 Å². The van der Waals surface area contributed by atoms with Crippen LogP contribution in [0.4, 0.5) is 10.2 Å². The molecule has 0 spiro atoms. The number of aryl methyl sites for hydroxylation is 2. The van der Waals surface area contributed by atoms with Gasteiger partial charge in [0.1, 0.15) is 12.5 Å². The molecule has 9 heteroatoms. The Hall–Kier alpha value is -2.68. The minimum atomic E-state index is -0.914. The predicted molar refractivity (Wildman–Crippen MR) is 124 cm³/mol. The average Bonchev–Trinajstić information content (AvgIpc) is 3.28. The fourth-order valence-corrected chi connectivity index (χ4v) is 5.01. The lowest BCUT2D eigenvalue weighted by molar-refractivity contribution is -0.128. The topological polar surface area (TPSA) is 98.7 Å². The number of nitrogens with two attached hydrogens (primary N) is 1. The third-order valence-corrected chi connectivity index (χ3v) is 6.83. The molecular formula is C23H29FN6OS. The van der Waals surface area contributed by atoms with E-state index >= 15 is 0 Å². The van der Waals surface area contributed by atoms with Gasteiger partial charge in [-0.25, -0.2) is 19.3 Å². The van der Waals surface area contributed by atoms with Crippen molar-refractivity contribution < 1.29 is 9.18 Å². The van der Waals surface area contributed by atoms with E-state index in [0.29, 0.717) is 41.6 Å². The highest BCUT2D eigenvalue weighted by molar-refractivity contribution is 7.99. The molecule has 0 saturated heterocycles. The first kappa shape index (κ1) is 22.5. The van der Waals surface area contributed by atoms with Gasteiger partial charge in [-0.15, -0.1) is 0 Å². The highest BCUT2D eigenvalue weighted by atomic mass is 32.2. The first-order valence-electron chi connectivity index (χ1n) is 10.9. The molecule has 0 aliphatic heterocycles. The van der Waals surface area contributed by atoms with Crippen LogP contribution in [0.3, 0.4) is 0 Å². The number of imidazole rings is 1. The third-order valence-electron chi connectivity index (χ3n) is 5.74. The van der Waals surface area contributed by atoms with Crippen LogP contribution in [0.2, 0.25) is 0 Å². The molecule has 7 nitrogen and oxygen atoms in total. The van der Waals surface area contributed by atoms with E-state index in [-0.39, 0.29) is 5.91 Å². The van der Waals surface area contributed by atoms with Crippen molar-refractivity contribution in [2.24, 2.45) is 5.41 Å². The van der Waals surface area contributed by atoms with Crippen molar-refractivity contribution in [2.45, 2.75) is 69.7 Å². The summed E-state index contributed by atoms with van der Waals surface area (Å²) in [5, 5.41) is 3.67. The van der Waals surface area contributed by atoms with Gasteiger partial charge in [-0.1, -0.05) is 45.5 Å². The second-order valence-electron chi connectivity index (χ2n) is 9.10. The van der Waals surface area contributed by atoms with Gasteiger partial charge in [0, 0.05) is 23.4 Å². The van der Waals surface area contributed by atoms with Crippen LogP contribution in [-0.4, -0.2) is 32.0 Å². The van der Waals surface area contributed by atoms with E-state index in [0.717, 1.165) is 28.9 Å². The quantitative estimate of drug-likeness (QED) is 0.576. The van der Waals surface area contributed by atoms with E-state index in [9.17, 15) is 9.18 Å². The molecule has 2 aromatic heterocycles. The number of nitrogens with zero attached hydrogens (tertiary/aromatic N) is 4. The van der Waals surface area contributed by atoms with Crippen LogP contribution >= 0.6 is 11.8 Å². The lowest BCUT2D eigenvalue weighted by atomic mass is 9.96. The molecule has 3 N–H and O–H groups in total. The number of alkyl halides is 1. The molecule has 1 unspecified atom stereocenters. The Labute approximate surface area is 191 Å². The highest BCUT2D eigenvalue weighted by Crippen LogP contribution is 2.40. The number of aromatic nitrogens is 4. The Balaban J connectivity index is 1.68. The van der Waals surface area contributed by atoms with Crippen LogP contribution in [0.15, 0.2) is 28.5 Å². The lowest BCUT2D eigenvalue weighted by Gasteiger charge is -2.18. The molecule has 2 heterocycles. The Kier molecular flexibility index (Phi) is 6.11. The second kappa shape index (κ2) is 8.69. The average molecular weight is 457 g/mol. The summed E-state index contributed by atoms with van der Waals surface area (Å²) in [6.45, 7) is 8.64. The van der Waals surface area contributed by atoms with Gasteiger partial charge in [0.25, 0.3) is 0 Å². The smallest absolute Gasteiger partial charge is 0.225 e. The van der Waals surface area contributed by atoms with Gasteiger partial charge >= 0.3 is 0 Å². The standard InChI is InChI=1S/C23H29FN6OS/c1-5-13-10-14-6-7-16(24)15(14)11-17(13)32-22-29-18-19(25)27-12-28-20(18)30(22)9-8-26-21(31)23(2,3)4/h10-12,16H,5-9H2,1-4H3,(H,26,31)(H2,25,27,28). The van der Waals surface area contributed by atoms with Crippen molar-refractivity contribution in [2.75, 3.05) is 12.3 Å². The number of halogens is 1. The Bertz CT molecular complexity index is 1170. The van der Waals surface area contributed by atoms with E-state index < -0.39 is 11.6 Å². The van der Waals surface area contributed by atoms with Gasteiger partial charge in [0.15, 0.2) is 22.1 Å². The monoisotopic (exact) mass is 456 g/mol. The van der Waals surface area contributed by atoms with E-state index in [4.69, 9.17) is 10.7 Å². The molecule has 0 saturated carbocycles. The molecule has 1 aliphatic carbocycles. The molecule has 3 aromatic rings. The van der Waals surface area contributed by atoms with Gasteiger partial charge in [0.05, 0.1) is 0 Å². The molecular weight excluding hydrogens is 427 g/mol. The van der Waals surface area contributed by atoms with Gasteiger partial charge in [-0.2, -0.15) is 0 Å². The number of anilines is 1. The summed E-state index contributed by atoms with van der Waals surface area (Å²) in [5.41, 5.74) is 9.79. The summed E-state index contributed by atoms with van der Waals surface area (Å²) in [6, 6.07) is 4.10. The van der Waals surface area contributed by atoms with E-state index in [1.54, 1.807) is 0 Å². The minimum Gasteiger partial charge on any atom is -0.382 e. The molecule has 0 fully saturated rings. The molecule has 0 radical (unpaired) electrons. The highest BCUT2D eigenvalue weighted by Gasteiger charge is 2.25. The number of hydrogen-bond donors (Lipinski definition) is 2. The van der Waals surface area contributed by atoms with Gasteiger partial charge in [-0.3, -0.25) is 4.79 Å². The zero-order valence-electron chi connectivity index (χ0n) is 18.9. The number of carbonyl (C=O) groups excluding carboxylic acids is 1. The molecule has 1 aliphatic rings. The summed E-state index contributed by atoms with van der Waals surface area (Å²) in [6.07, 6.45) is 2.68. The van der Waals surface area contributed by atoms with Crippen LogP contribution in [0, 0.1) is 5.41 Å². The summed E-state index contributed by atoms with van der Waals surface area (Å²) < 4.78 is 16.3. The molecule has 4 rings (SSSR count). The third kappa shape index (κ3) is 4.30. The van der Waals surface area contributed by atoms with Crippen LogP contribution in [0.1, 0.15) is 57.0 Å². The number of nitrogen functional groups attached to an aromatic ring is 1. The normalized spacial score (nSPS) is 15.8. The van der Waals surface area contributed by atoms with Crippen LogP contribution in [-0.2, 0) is 24.2 Å². The maximum atomic E-state index is 14.4. The van der Waals surface area contributed by atoms with Crippen molar-refractivity contribution in [3.05, 3.63) is 35.2 Å². The minimum absolute atomic E-state index is 0.0221. The Morgan fingerprint density at radius 1 is 1.34 bits per heavy atom. The Morgan fingerprint density at radius 2 is 2.12 bits per heavy atom. The Morgan fingerprint density at radius 3 is 2.84 bits per heavy atom. The number of fused-ring (bicyclic) bond motifs is 2. The van der Waals surface area contributed by atoms with Crippen LogP contribution in [0.25, 0.3) is 11.2 Å². The summed E-state index contributed by atoms with van der Waals surface area (Å²) in [5.74, 6) is 0.286. The maximum Gasteiger partial charge on any atom is 0.225 e. The second-order valence-corrected chi connectivity index (χ2v) is 10.1. The van der Waals surface area contributed by atoms with Gasteiger partial charge in [-0.05, 0) is 42.0 Å². The van der Waals surface area contributed by atoms with Crippen molar-refractivity contribution in [1.82, 2.24) is 24.8 Å². The summed E-state index contributed by atoms with van der Waals surface area (Å²) in [7, 11) is 0. The largest absolute Gasteiger partial charge is 0.382 e. The number of carbonyl (C=O) groups is 1. The predicted octanol–water partition coefficient (Wildman–Crippen LogP) is 4.24. The molecule has 0 bridgehead atoms. The summed E-state index contributed by atoms with van der Waals surface area (Å²) >= 11 is 1.48.